The summed E-state index contributed by atoms with van der Waals surface area (Å²) in [5.74, 6) is 0.0556. The minimum absolute atomic E-state index is 0.0556. The van der Waals surface area contributed by atoms with Gasteiger partial charge in [0.2, 0.25) is 5.82 Å². The first-order chi connectivity index (χ1) is 10.6. The van der Waals surface area contributed by atoms with Gasteiger partial charge < -0.3 is 10.2 Å². The van der Waals surface area contributed by atoms with Crippen LogP contribution >= 0.6 is 22.6 Å². The third-order valence-corrected chi connectivity index (χ3v) is 3.97. The van der Waals surface area contributed by atoms with Crippen molar-refractivity contribution in [1.82, 2.24) is 20.2 Å². The quantitative estimate of drug-likeness (QED) is 0.640. The van der Waals surface area contributed by atoms with Crippen molar-refractivity contribution in [2.45, 2.75) is 5.60 Å². The van der Waals surface area contributed by atoms with E-state index in [4.69, 9.17) is 0 Å². The number of rotatable bonds is 4. The Morgan fingerprint density at radius 3 is 2.55 bits per heavy atom. The Bertz CT molecular complexity index is 778. The lowest BCUT2D eigenvalue weighted by Gasteiger charge is -2.22. The van der Waals surface area contributed by atoms with Crippen molar-refractivity contribution >= 4 is 22.6 Å². The number of aliphatic hydroxyl groups is 2. The molecule has 0 spiro atoms. The van der Waals surface area contributed by atoms with Gasteiger partial charge >= 0.3 is 0 Å². The van der Waals surface area contributed by atoms with Crippen LogP contribution in [0.15, 0.2) is 54.6 Å². The summed E-state index contributed by atoms with van der Waals surface area (Å²) >= 11 is 2.19. The lowest BCUT2D eigenvalue weighted by Crippen LogP contribution is -2.33. The van der Waals surface area contributed by atoms with Crippen LogP contribution in [-0.4, -0.2) is 37.0 Å². The Kier molecular flexibility index (Phi) is 4.19. The Balaban J connectivity index is 2.02. The first-order valence-corrected chi connectivity index (χ1v) is 7.66. The summed E-state index contributed by atoms with van der Waals surface area (Å²) < 4.78 is 1.04. The molecule has 1 heterocycles. The highest BCUT2D eigenvalue weighted by atomic mass is 127. The molecule has 0 bridgehead atoms. The Labute approximate surface area is 140 Å². The number of hydrogen-bond donors (Lipinski definition) is 2. The second kappa shape index (κ2) is 6.11. The number of hydrogen-bond acceptors (Lipinski definition) is 5. The van der Waals surface area contributed by atoms with Crippen LogP contribution in [0.3, 0.4) is 0 Å². The highest BCUT2D eigenvalue weighted by Crippen LogP contribution is 2.26. The molecule has 0 fully saturated rings. The normalized spacial score (nSPS) is 13.8. The van der Waals surface area contributed by atoms with Crippen molar-refractivity contribution < 1.29 is 10.2 Å². The second-order valence-electron chi connectivity index (χ2n) is 4.77. The molecule has 0 radical (unpaired) electrons. The molecule has 3 rings (SSSR count). The third-order valence-electron chi connectivity index (χ3n) is 3.30. The molecule has 112 valence electrons. The molecular weight excluding hydrogens is 395 g/mol. The van der Waals surface area contributed by atoms with Gasteiger partial charge in [0.05, 0.1) is 12.3 Å². The van der Waals surface area contributed by atoms with Crippen LogP contribution in [0.25, 0.3) is 5.69 Å². The summed E-state index contributed by atoms with van der Waals surface area (Å²) in [6.45, 7) is -0.533. The molecular formula is C15H13IN4O2. The first kappa shape index (κ1) is 15.1. The topological polar surface area (TPSA) is 84.1 Å². The predicted molar refractivity (Wildman–Crippen MR) is 88.4 cm³/mol. The van der Waals surface area contributed by atoms with Gasteiger partial charge in [0.25, 0.3) is 0 Å². The van der Waals surface area contributed by atoms with Gasteiger partial charge in [-0.3, -0.25) is 0 Å². The SMILES string of the molecule is OCC(O)(c1ccccc1)c1nnn(-c2cccc(I)c2)n1. The Morgan fingerprint density at radius 2 is 1.86 bits per heavy atom. The van der Waals surface area contributed by atoms with Crippen molar-refractivity contribution in [2.24, 2.45) is 0 Å². The molecule has 2 N–H and O–H groups in total. The molecule has 6 nitrogen and oxygen atoms in total. The van der Waals surface area contributed by atoms with E-state index in [0.29, 0.717) is 5.56 Å². The molecule has 1 unspecified atom stereocenters. The van der Waals surface area contributed by atoms with Crippen LogP contribution in [0.4, 0.5) is 0 Å². The number of tetrazole rings is 1. The summed E-state index contributed by atoms with van der Waals surface area (Å²) in [6.07, 6.45) is 0. The number of benzene rings is 2. The number of nitrogens with zero attached hydrogens (tertiary/aromatic N) is 4. The summed E-state index contributed by atoms with van der Waals surface area (Å²) in [4.78, 5) is 1.33. The molecule has 1 aromatic heterocycles. The fourth-order valence-electron chi connectivity index (χ4n) is 2.09. The van der Waals surface area contributed by atoms with Gasteiger partial charge in [-0.25, -0.2) is 0 Å². The number of halogens is 1. The molecule has 0 aliphatic carbocycles. The lowest BCUT2D eigenvalue weighted by atomic mass is 9.94. The average Bonchev–Trinajstić information content (AvgIpc) is 3.05. The van der Waals surface area contributed by atoms with E-state index in [1.165, 1.54) is 4.80 Å². The van der Waals surface area contributed by atoms with E-state index < -0.39 is 12.2 Å². The predicted octanol–water partition coefficient (Wildman–Crippen LogP) is 1.50. The smallest absolute Gasteiger partial charge is 0.213 e. The van der Waals surface area contributed by atoms with Crippen LogP contribution in [0.1, 0.15) is 11.4 Å². The fourth-order valence-corrected chi connectivity index (χ4v) is 2.62. The molecule has 7 heteroatoms. The van der Waals surface area contributed by atoms with E-state index in [2.05, 4.69) is 38.0 Å². The lowest BCUT2D eigenvalue weighted by molar-refractivity contribution is 0.00976. The zero-order valence-electron chi connectivity index (χ0n) is 11.5. The molecule has 0 saturated heterocycles. The standard InChI is InChI=1S/C15H13IN4O2/c16-12-7-4-8-13(9-12)20-18-14(17-19-20)15(22,10-21)11-5-2-1-3-6-11/h1-9,21-22H,10H2. The summed E-state index contributed by atoms with van der Waals surface area (Å²) in [5.41, 5.74) is -0.430. The van der Waals surface area contributed by atoms with Crippen LogP contribution in [0.5, 0.6) is 0 Å². The maximum atomic E-state index is 10.7. The van der Waals surface area contributed by atoms with Crippen molar-refractivity contribution in [3.05, 3.63) is 69.6 Å². The zero-order valence-corrected chi connectivity index (χ0v) is 13.6. The maximum absolute atomic E-state index is 10.7. The molecule has 3 aromatic rings. The van der Waals surface area contributed by atoms with Crippen molar-refractivity contribution in [3.8, 4) is 5.69 Å². The minimum atomic E-state index is -1.68. The van der Waals surface area contributed by atoms with Gasteiger partial charge in [-0.05, 0) is 51.6 Å². The first-order valence-electron chi connectivity index (χ1n) is 6.59. The molecule has 22 heavy (non-hydrogen) atoms. The zero-order chi connectivity index (χ0) is 15.6. The minimum Gasteiger partial charge on any atom is -0.393 e. The van der Waals surface area contributed by atoms with E-state index in [1.54, 1.807) is 24.3 Å². The summed E-state index contributed by atoms with van der Waals surface area (Å²) in [5, 5.41) is 32.5. The third kappa shape index (κ3) is 2.74. The summed E-state index contributed by atoms with van der Waals surface area (Å²) in [7, 11) is 0. The van der Waals surface area contributed by atoms with Gasteiger partial charge in [-0.1, -0.05) is 36.4 Å². The molecule has 0 aliphatic rings. The van der Waals surface area contributed by atoms with Crippen molar-refractivity contribution in [2.75, 3.05) is 6.61 Å². The molecule has 0 aliphatic heterocycles. The van der Waals surface area contributed by atoms with E-state index in [0.717, 1.165) is 9.26 Å². The van der Waals surface area contributed by atoms with Crippen molar-refractivity contribution in [1.29, 1.82) is 0 Å². The summed E-state index contributed by atoms with van der Waals surface area (Å²) in [6, 6.07) is 16.4. The van der Waals surface area contributed by atoms with Gasteiger partial charge in [0.1, 0.15) is 0 Å². The van der Waals surface area contributed by atoms with E-state index >= 15 is 0 Å². The fraction of sp³-hybridized carbons (Fsp3) is 0.133. The van der Waals surface area contributed by atoms with Gasteiger partial charge in [-0.2, -0.15) is 0 Å². The molecule has 0 saturated carbocycles. The Hall–Kier alpha value is -1.84. The average molecular weight is 408 g/mol. The van der Waals surface area contributed by atoms with Gasteiger partial charge in [0, 0.05) is 3.57 Å². The van der Waals surface area contributed by atoms with Gasteiger partial charge in [-0.15, -0.1) is 15.0 Å². The second-order valence-corrected chi connectivity index (χ2v) is 6.01. The molecule has 0 amide bonds. The largest absolute Gasteiger partial charge is 0.393 e. The van der Waals surface area contributed by atoms with Crippen LogP contribution in [0.2, 0.25) is 0 Å². The van der Waals surface area contributed by atoms with Gasteiger partial charge in [0.15, 0.2) is 5.60 Å². The highest BCUT2D eigenvalue weighted by molar-refractivity contribution is 14.1. The Morgan fingerprint density at radius 1 is 1.09 bits per heavy atom. The van der Waals surface area contributed by atoms with E-state index in [9.17, 15) is 10.2 Å². The van der Waals surface area contributed by atoms with Crippen LogP contribution in [-0.2, 0) is 5.60 Å². The maximum Gasteiger partial charge on any atom is 0.213 e. The number of aliphatic hydroxyl groups excluding tert-OH is 1. The number of aromatic nitrogens is 4. The van der Waals surface area contributed by atoms with Crippen LogP contribution < -0.4 is 0 Å². The van der Waals surface area contributed by atoms with Crippen LogP contribution in [0, 0.1) is 3.57 Å². The highest BCUT2D eigenvalue weighted by Gasteiger charge is 2.36. The molecule has 1 atom stereocenters. The van der Waals surface area contributed by atoms with Crippen molar-refractivity contribution in [3.63, 3.8) is 0 Å². The molecule has 2 aromatic carbocycles. The van der Waals surface area contributed by atoms with E-state index in [-0.39, 0.29) is 5.82 Å². The monoisotopic (exact) mass is 408 g/mol. The van der Waals surface area contributed by atoms with E-state index in [1.807, 2.05) is 30.3 Å².